The van der Waals surface area contributed by atoms with Gasteiger partial charge in [-0.1, -0.05) is 30.3 Å². The van der Waals surface area contributed by atoms with Crippen LogP contribution >= 0.6 is 0 Å². The van der Waals surface area contributed by atoms with Gasteiger partial charge in [-0.2, -0.15) is 0 Å². The fourth-order valence-electron chi connectivity index (χ4n) is 1.70. The second kappa shape index (κ2) is 4.41. The molecule has 0 aromatic heterocycles. The van der Waals surface area contributed by atoms with Gasteiger partial charge in [0.25, 0.3) is 0 Å². The lowest BCUT2D eigenvalue weighted by Crippen LogP contribution is -2.03. The van der Waals surface area contributed by atoms with Crippen LogP contribution in [0.25, 0.3) is 0 Å². The highest BCUT2D eigenvalue weighted by Gasteiger charge is 2.21. The molecule has 0 radical (unpaired) electrons. The summed E-state index contributed by atoms with van der Waals surface area (Å²) in [7, 11) is 0. The van der Waals surface area contributed by atoms with E-state index in [0.717, 1.165) is 6.07 Å². The zero-order valence-corrected chi connectivity index (χ0v) is 9.71. The van der Waals surface area contributed by atoms with Crippen molar-refractivity contribution in [1.82, 2.24) is 0 Å². The lowest BCUT2D eigenvalue weighted by Gasteiger charge is -2.10. The Labute approximate surface area is 104 Å². The van der Waals surface area contributed by atoms with Gasteiger partial charge in [0, 0.05) is 17.2 Å². The molecule has 0 aliphatic rings. The Morgan fingerprint density at radius 1 is 1.00 bits per heavy atom. The molecule has 0 saturated heterocycles. The van der Waals surface area contributed by atoms with Gasteiger partial charge in [-0.3, -0.25) is 4.79 Å². The Bertz CT molecular complexity index is 603. The number of carbonyl (C=O) groups excluding carboxylic acids is 1. The minimum atomic E-state index is -0.492. The van der Waals surface area contributed by atoms with Crippen molar-refractivity contribution in [2.45, 2.75) is 6.92 Å². The van der Waals surface area contributed by atoms with Crippen molar-refractivity contribution in [3.05, 3.63) is 53.1 Å². The number of phenols is 3. The molecule has 0 bridgehead atoms. The number of ketones is 1. The second-order valence-corrected chi connectivity index (χ2v) is 3.96. The molecular formula is C14H12O4. The van der Waals surface area contributed by atoms with E-state index in [2.05, 4.69) is 0 Å². The molecule has 0 heterocycles. The van der Waals surface area contributed by atoms with Crippen LogP contribution in [-0.2, 0) is 0 Å². The van der Waals surface area contributed by atoms with E-state index < -0.39 is 17.3 Å². The van der Waals surface area contributed by atoms with Crippen LogP contribution in [0.4, 0.5) is 0 Å². The summed E-state index contributed by atoms with van der Waals surface area (Å²) in [6.07, 6.45) is 0. The third-order valence-electron chi connectivity index (χ3n) is 2.77. The van der Waals surface area contributed by atoms with E-state index in [-0.39, 0.29) is 16.9 Å². The molecule has 0 aliphatic carbocycles. The van der Waals surface area contributed by atoms with Crippen LogP contribution in [0.1, 0.15) is 21.5 Å². The molecule has 0 unspecified atom stereocenters. The van der Waals surface area contributed by atoms with Crippen LogP contribution < -0.4 is 0 Å². The molecule has 3 N–H and O–H groups in total. The number of hydrogen-bond donors (Lipinski definition) is 3. The SMILES string of the molecule is Cc1c(O)cc(O)c(C(=O)c2ccccc2)c1O. The molecule has 0 amide bonds. The van der Waals surface area contributed by atoms with Gasteiger partial charge in [-0.15, -0.1) is 0 Å². The summed E-state index contributed by atoms with van der Waals surface area (Å²) < 4.78 is 0. The van der Waals surface area contributed by atoms with Gasteiger partial charge in [0.15, 0.2) is 0 Å². The minimum Gasteiger partial charge on any atom is -0.507 e. The standard InChI is InChI=1S/C14H12O4/c1-8-10(15)7-11(16)12(13(8)17)14(18)9-5-3-2-4-6-9/h2-7,15-17H,1H3. The molecule has 92 valence electrons. The van der Waals surface area contributed by atoms with Crippen molar-refractivity contribution < 1.29 is 20.1 Å². The maximum absolute atomic E-state index is 12.1. The van der Waals surface area contributed by atoms with Gasteiger partial charge in [0.1, 0.15) is 22.8 Å². The highest BCUT2D eigenvalue weighted by Crippen LogP contribution is 2.37. The van der Waals surface area contributed by atoms with E-state index in [1.807, 2.05) is 0 Å². The molecule has 0 spiro atoms. The van der Waals surface area contributed by atoms with Crippen LogP contribution in [0.3, 0.4) is 0 Å². The first-order chi connectivity index (χ1) is 8.52. The predicted octanol–water partition coefficient (Wildman–Crippen LogP) is 2.34. The van der Waals surface area contributed by atoms with Crippen LogP contribution in [0, 0.1) is 6.92 Å². The third-order valence-corrected chi connectivity index (χ3v) is 2.77. The van der Waals surface area contributed by atoms with Crippen molar-refractivity contribution in [3.8, 4) is 17.2 Å². The lowest BCUT2D eigenvalue weighted by atomic mass is 9.99. The normalized spacial score (nSPS) is 10.3. The quantitative estimate of drug-likeness (QED) is 0.708. The number of benzene rings is 2. The van der Waals surface area contributed by atoms with Gasteiger partial charge in [0.2, 0.25) is 5.78 Å². The largest absolute Gasteiger partial charge is 0.507 e. The average molecular weight is 244 g/mol. The molecule has 0 saturated carbocycles. The summed E-state index contributed by atoms with van der Waals surface area (Å²) in [5.74, 6) is -1.59. The number of phenolic OH excluding ortho intramolecular Hbond substituents is 3. The molecule has 2 aromatic rings. The van der Waals surface area contributed by atoms with Crippen LogP contribution in [0.15, 0.2) is 36.4 Å². The molecule has 0 atom stereocenters. The summed E-state index contributed by atoms with van der Waals surface area (Å²) in [5.41, 5.74) is 0.316. The van der Waals surface area contributed by atoms with Crippen LogP contribution in [-0.4, -0.2) is 21.1 Å². The second-order valence-electron chi connectivity index (χ2n) is 3.96. The lowest BCUT2D eigenvalue weighted by molar-refractivity contribution is 0.103. The highest BCUT2D eigenvalue weighted by molar-refractivity contribution is 6.12. The van der Waals surface area contributed by atoms with E-state index in [4.69, 9.17) is 0 Å². The molecule has 0 fully saturated rings. The molecule has 4 nitrogen and oxygen atoms in total. The molecule has 2 rings (SSSR count). The van der Waals surface area contributed by atoms with Crippen molar-refractivity contribution in [2.24, 2.45) is 0 Å². The molecule has 0 aliphatic heterocycles. The minimum absolute atomic E-state index is 0.159. The summed E-state index contributed by atoms with van der Waals surface area (Å²) >= 11 is 0. The van der Waals surface area contributed by atoms with Crippen molar-refractivity contribution in [2.75, 3.05) is 0 Å². The summed E-state index contributed by atoms with van der Waals surface area (Å²) in [4.78, 5) is 12.1. The Kier molecular flexibility index (Phi) is 2.93. The topological polar surface area (TPSA) is 77.8 Å². The van der Waals surface area contributed by atoms with Gasteiger partial charge in [0.05, 0.1) is 0 Å². The Hall–Kier alpha value is -2.49. The smallest absolute Gasteiger partial charge is 0.200 e. The Balaban J connectivity index is 2.59. The van der Waals surface area contributed by atoms with Crippen molar-refractivity contribution in [3.63, 3.8) is 0 Å². The van der Waals surface area contributed by atoms with Crippen LogP contribution in [0.2, 0.25) is 0 Å². The summed E-state index contributed by atoms with van der Waals surface area (Å²) in [6, 6.07) is 9.36. The van der Waals surface area contributed by atoms with Gasteiger partial charge >= 0.3 is 0 Å². The summed E-state index contributed by atoms with van der Waals surface area (Å²) in [6.45, 7) is 1.46. The van der Waals surface area contributed by atoms with Crippen molar-refractivity contribution >= 4 is 5.78 Å². The Morgan fingerprint density at radius 2 is 1.61 bits per heavy atom. The third kappa shape index (κ3) is 1.88. The number of hydrogen-bond acceptors (Lipinski definition) is 4. The molecule has 18 heavy (non-hydrogen) atoms. The maximum atomic E-state index is 12.1. The van der Waals surface area contributed by atoms with Crippen molar-refractivity contribution in [1.29, 1.82) is 0 Å². The number of aromatic hydroxyl groups is 3. The monoisotopic (exact) mass is 244 g/mol. The van der Waals surface area contributed by atoms with E-state index >= 15 is 0 Å². The van der Waals surface area contributed by atoms with Gasteiger partial charge in [-0.25, -0.2) is 0 Å². The van der Waals surface area contributed by atoms with Gasteiger partial charge < -0.3 is 15.3 Å². The maximum Gasteiger partial charge on any atom is 0.200 e. The zero-order chi connectivity index (χ0) is 13.3. The average Bonchev–Trinajstić information content (AvgIpc) is 2.37. The first kappa shape index (κ1) is 12.0. The Morgan fingerprint density at radius 3 is 2.22 bits per heavy atom. The van der Waals surface area contributed by atoms with E-state index in [0.29, 0.717) is 5.56 Å². The molecule has 2 aromatic carbocycles. The molecule has 4 heteroatoms. The van der Waals surface area contributed by atoms with Crippen LogP contribution in [0.5, 0.6) is 17.2 Å². The first-order valence-corrected chi connectivity index (χ1v) is 5.36. The van der Waals surface area contributed by atoms with E-state index in [1.165, 1.54) is 6.92 Å². The fourth-order valence-corrected chi connectivity index (χ4v) is 1.70. The predicted molar refractivity (Wildman–Crippen MR) is 66.0 cm³/mol. The number of rotatable bonds is 2. The fraction of sp³-hybridized carbons (Fsp3) is 0.0714. The van der Waals surface area contributed by atoms with Gasteiger partial charge in [-0.05, 0) is 6.92 Å². The zero-order valence-electron chi connectivity index (χ0n) is 9.71. The number of carbonyl (C=O) groups is 1. The molecular weight excluding hydrogens is 232 g/mol. The van der Waals surface area contributed by atoms with E-state index in [1.54, 1.807) is 30.3 Å². The summed E-state index contributed by atoms with van der Waals surface area (Å²) in [5, 5.41) is 29.0. The first-order valence-electron chi connectivity index (χ1n) is 5.36. The highest BCUT2D eigenvalue weighted by atomic mass is 16.3. The van der Waals surface area contributed by atoms with E-state index in [9.17, 15) is 20.1 Å².